The van der Waals surface area contributed by atoms with Crippen LogP contribution >= 0.6 is 11.3 Å². The zero-order valence-corrected chi connectivity index (χ0v) is 12.8. The summed E-state index contributed by atoms with van der Waals surface area (Å²) >= 11 is 1.63. The van der Waals surface area contributed by atoms with Crippen LogP contribution in [0.15, 0.2) is 36.0 Å². The lowest BCUT2D eigenvalue weighted by molar-refractivity contribution is 0.355. The Morgan fingerprint density at radius 2 is 1.86 bits per heavy atom. The predicted molar refractivity (Wildman–Crippen MR) is 85.0 cm³/mol. The van der Waals surface area contributed by atoms with Crippen molar-refractivity contribution in [3.05, 3.63) is 36.0 Å². The van der Waals surface area contributed by atoms with Gasteiger partial charge in [-0.2, -0.15) is 0 Å². The molecule has 0 saturated heterocycles. The van der Waals surface area contributed by atoms with E-state index in [0.717, 1.165) is 21.7 Å². The van der Waals surface area contributed by atoms with Crippen molar-refractivity contribution in [2.75, 3.05) is 26.2 Å². The van der Waals surface area contributed by atoms with Crippen molar-refractivity contribution in [1.82, 2.24) is 9.97 Å². The van der Waals surface area contributed by atoms with Gasteiger partial charge in [-0.25, -0.2) is 9.97 Å². The minimum atomic E-state index is 0.693. The molecule has 0 radical (unpaired) electrons. The van der Waals surface area contributed by atoms with Crippen LogP contribution in [0.25, 0.3) is 10.2 Å². The molecule has 3 rings (SSSR count). The Morgan fingerprint density at radius 1 is 1.05 bits per heavy atom. The summed E-state index contributed by atoms with van der Waals surface area (Å²) in [5.41, 5.74) is 1.93. The highest BCUT2D eigenvalue weighted by Gasteiger charge is 2.13. The third-order valence-corrected chi connectivity index (χ3v) is 4.20. The highest BCUT2D eigenvalue weighted by atomic mass is 32.1. The van der Waals surface area contributed by atoms with E-state index in [1.807, 2.05) is 41.6 Å². The molecule has 0 atom stereocenters. The van der Waals surface area contributed by atoms with E-state index >= 15 is 0 Å². The van der Waals surface area contributed by atoms with Gasteiger partial charge in [0.15, 0.2) is 17.3 Å². The zero-order valence-electron chi connectivity index (χ0n) is 12.0. The molecule has 0 aliphatic rings. The monoisotopic (exact) mass is 301 g/mol. The van der Waals surface area contributed by atoms with Crippen LogP contribution in [0.2, 0.25) is 0 Å². The van der Waals surface area contributed by atoms with Gasteiger partial charge in [-0.3, -0.25) is 0 Å². The molecule has 3 aromatic rings. The first-order valence-electron chi connectivity index (χ1n) is 6.38. The smallest absolute Gasteiger partial charge is 0.162 e. The van der Waals surface area contributed by atoms with Gasteiger partial charge >= 0.3 is 0 Å². The summed E-state index contributed by atoms with van der Waals surface area (Å²) in [6.45, 7) is 0. The first-order valence-corrected chi connectivity index (χ1v) is 7.26. The molecule has 0 aliphatic carbocycles. The van der Waals surface area contributed by atoms with Gasteiger partial charge in [0.1, 0.15) is 6.33 Å². The fraction of sp³-hybridized carbons (Fsp3) is 0.200. The summed E-state index contributed by atoms with van der Waals surface area (Å²) in [5, 5.41) is 2.02. The summed E-state index contributed by atoms with van der Waals surface area (Å²) in [6, 6.07) is 7.79. The quantitative estimate of drug-likeness (QED) is 0.738. The van der Waals surface area contributed by atoms with E-state index in [4.69, 9.17) is 9.47 Å². The van der Waals surface area contributed by atoms with Crippen molar-refractivity contribution in [3.63, 3.8) is 0 Å². The van der Waals surface area contributed by atoms with Crippen LogP contribution in [0, 0.1) is 0 Å². The van der Waals surface area contributed by atoms with Gasteiger partial charge in [-0.1, -0.05) is 0 Å². The maximum absolute atomic E-state index is 5.35. The maximum Gasteiger partial charge on any atom is 0.162 e. The van der Waals surface area contributed by atoms with E-state index in [1.54, 1.807) is 31.9 Å². The lowest BCUT2D eigenvalue weighted by atomic mass is 10.2. The summed E-state index contributed by atoms with van der Waals surface area (Å²) in [6.07, 6.45) is 1.58. The average Bonchev–Trinajstić information content (AvgIpc) is 3.02. The van der Waals surface area contributed by atoms with Crippen molar-refractivity contribution >= 4 is 33.1 Å². The van der Waals surface area contributed by atoms with Gasteiger partial charge in [0.2, 0.25) is 0 Å². The second-order valence-corrected chi connectivity index (χ2v) is 5.35. The van der Waals surface area contributed by atoms with Crippen LogP contribution in [0.4, 0.5) is 11.5 Å². The first-order chi connectivity index (χ1) is 10.2. The van der Waals surface area contributed by atoms with Crippen molar-refractivity contribution in [2.24, 2.45) is 0 Å². The highest BCUT2D eigenvalue weighted by molar-refractivity contribution is 7.17. The lowest BCUT2D eigenvalue weighted by Crippen LogP contribution is -2.11. The molecule has 2 heterocycles. The number of hydrogen-bond acceptors (Lipinski definition) is 6. The molecule has 1 aromatic carbocycles. The molecule has 0 unspecified atom stereocenters. The largest absolute Gasteiger partial charge is 0.493 e. The average molecular weight is 301 g/mol. The van der Waals surface area contributed by atoms with Gasteiger partial charge in [-0.05, 0) is 23.6 Å². The van der Waals surface area contributed by atoms with E-state index in [1.165, 1.54) is 0 Å². The van der Waals surface area contributed by atoms with Gasteiger partial charge < -0.3 is 14.4 Å². The maximum atomic E-state index is 5.35. The van der Waals surface area contributed by atoms with Gasteiger partial charge in [0.05, 0.1) is 24.4 Å². The van der Waals surface area contributed by atoms with Crippen LogP contribution in [-0.2, 0) is 0 Å². The van der Waals surface area contributed by atoms with Crippen LogP contribution in [0.1, 0.15) is 0 Å². The van der Waals surface area contributed by atoms with Crippen LogP contribution < -0.4 is 14.4 Å². The third kappa shape index (κ3) is 2.38. The number of methoxy groups -OCH3 is 2. The molecule has 2 aromatic heterocycles. The Balaban J connectivity index is 2.05. The minimum Gasteiger partial charge on any atom is -0.493 e. The van der Waals surface area contributed by atoms with Crippen molar-refractivity contribution in [2.45, 2.75) is 0 Å². The van der Waals surface area contributed by atoms with Gasteiger partial charge in [0.25, 0.3) is 0 Å². The van der Waals surface area contributed by atoms with E-state index in [2.05, 4.69) is 9.97 Å². The second-order valence-electron chi connectivity index (χ2n) is 4.43. The summed E-state index contributed by atoms with van der Waals surface area (Å²) in [4.78, 5) is 10.7. The summed E-state index contributed by atoms with van der Waals surface area (Å²) in [5.74, 6) is 2.28. The normalized spacial score (nSPS) is 10.6. The number of rotatable bonds is 4. The fourth-order valence-electron chi connectivity index (χ4n) is 2.17. The molecule has 21 heavy (non-hydrogen) atoms. The number of nitrogens with zero attached hydrogens (tertiary/aromatic N) is 3. The molecule has 0 saturated carbocycles. The zero-order chi connectivity index (χ0) is 14.8. The lowest BCUT2D eigenvalue weighted by Gasteiger charge is -2.20. The minimum absolute atomic E-state index is 0.693. The third-order valence-electron chi connectivity index (χ3n) is 3.30. The standard InChI is InChI=1S/C15H15N3O2S/c1-18(10-4-5-12(19-2)13(8-10)20-3)15-14-11(6-7-21-14)16-9-17-15/h4-9H,1-3H3. The molecule has 6 heteroatoms. The SMILES string of the molecule is COc1ccc(N(C)c2ncnc3ccsc23)cc1OC. The second kappa shape index (κ2) is 5.57. The number of anilines is 2. The molecular weight excluding hydrogens is 286 g/mol. The molecule has 0 aliphatic heterocycles. The summed E-state index contributed by atoms with van der Waals surface area (Å²) < 4.78 is 11.7. The Kier molecular flexibility index (Phi) is 3.62. The molecular formula is C15H15N3O2S. The Labute approximate surface area is 126 Å². The number of fused-ring (bicyclic) bond motifs is 1. The summed E-state index contributed by atoms with van der Waals surface area (Å²) in [7, 11) is 5.23. The number of hydrogen-bond donors (Lipinski definition) is 0. The van der Waals surface area contributed by atoms with E-state index in [0.29, 0.717) is 11.5 Å². The van der Waals surface area contributed by atoms with Crippen LogP contribution in [0.5, 0.6) is 11.5 Å². The van der Waals surface area contributed by atoms with Crippen molar-refractivity contribution in [3.8, 4) is 11.5 Å². The fourth-order valence-corrected chi connectivity index (χ4v) is 3.04. The molecule has 0 spiro atoms. The molecule has 108 valence electrons. The van der Waals surface area contributed by atoms with Crippen molar-refractivity contribution < 1.29 is 9.47 Å². The number of ether oxygens (including phenoxy) is 2. The van der Waals surface area contributed by atoms with E-state index < -0.39 is 0 Å². The Morgan fingerprint density at radius 3 is 2.62 bits per heavy atom. The number of aromatic nitrogens is 2. The Bertz CT molecular complexity index is 772. The first kappa shape index (κ1) is 13.6. The highest BCUT2D eigenvalue weighted by Crippen LogP contribution is 2.36. The van der Waals surface area contributed by atoms with Crippen molar-refractivity contribution in [1.29, 1.82) is 0 Å². The van der Waals surface area contributed by atoms with Gasteiger partial charge in [0, 0.05) is 18.8 Å². The number of benzene rings is 1. The topological polar surface area (TPSA) is 47.5 Å². The molecule has 0 amide bonds. The molecule has 0 bridgehead atoms. The van der Waals surface area contributed by atoms with E-state index in [-0.39, 0.29) is 0 Å². The molecule has 0 N–H and O–H groups in total. The van der Waals surface area contributed by atoms with Crippen LogP contribution in [0.3, 0.4) is 0 Å². The molecule has 0 fully saturated rings. The van der Waals surface area contributed by atoms with Gasteiger partial charge in [-0.15, -0.1) is 11.3 Å². The Hall–Kier alpha value is -2.34. The molecule has 5 nitrogen and oxygen atoms in total. The predicted octanol–water partition coefficient (Wildman–Crippen LogP) is 3.48. The number of thiophene rings is 1. The van der Waals surface area contributed by atoms with E-state index in [9.17, 15) is 0 Å². The van der Waals surface area contributed by atoms with Crippen LogP contribution in [-0.4, -0.2) is 31.2 Å².